The van der Waals surface area contributed by atoms with E-state index in [0.717, 1.165) is 18.8 Å². The number of hydrogen-bond donors (Lipinski definition) is 0. The molecule has 0 aliphatic heterocycles. The van der Waals surface area contributed by atoms with E-state index in [1.807, 2.05) is 12.2 Å². The average Bonchev–Trinajstić information content (AvgIpc) is 2.41. The van der Waals surface area contributed by atoms with Gasteiger partial charge in [-0.2, -0.15) is 0 Å². The normalized spacial score (nSPS) is 16.4. The molecule has 0 bridgehead atoms. The summed E-state index contributed by atoms with van der Waals surface area (Å²) in [5, 5.41) is 0. The van der Waals surface area contributed by atoms with E-state index in [-0.39, 0.29) is 0 Å². The molecule has 0 heterocycles. The minimum Gasteiger partial charge on any atom is -0.103 e. The molecule has 0 radical (unpaired) electrons. The molecule has 0 nitrogen and oxygen atoms in total. The first kappa shape index (κ1) is 13.1. The Labute approximate surface area is 111 Å². The van der Waals surface area contributed by atoms with E-state index in [9.17, 15) is 0 Å². The Morgan fingerprint density at radius 1 is 0.944 bits per heavy atom. The van der Waals surface area contributed by atoms with Crippen molar-refractivity contribution < 1.29 is 0 Å². The quantitative estimate of drug-likeness (QED) is 0.621. The van der Waals surface area contributed by atoms with Gasteiger partial charge in [0.2, 0.25) is 0 Å². The van der Waals surface area contributed by atoms with Gasteiger partial charge in [0.15, 0.2) is 0 Å². The number of allylic oxidation sites excluding steroid dienone is 2. The molecular weight excluding hydrogens is 216 g/mol. The second kappa shape index (κ2) is 6.58. The van der Waals surface area contributed by atoms with Crippen molar-refractivity contribution in [2.24, 2.45) is 0 Å². The number of hydrogen-bond acceptors (Lipinski definition) is 0. The SMILES string of the molecule is C=CCc1cccc(CC=C)c1C1CCCCC1. The molecule has 0 atom stereocenters. The maximum Gasteiger partial charge on any atom is -0.00972 e. The standard InChI is InChI=1S/C18H24/c1-3-9-15-13-8-14-16(10-4-2)18(15)17-11-6-5-7-12-17/h3-4,8,13-14,17H,1-2,5-7,9-12H2. The predicted molar refractivity (Wildman–Crippen MR) is 80.1 cm³/mol. The van der Waals surface area contributed by atoms with E-state index >= 15 is 0 Å². The lowest BCUT2D eigenvalue weighted by Gasteiger charge is -2.26. The second-order valence-electron chi connectivity index (χ2n) is 5.31. The van der Waals surface area contributed by atoms with Crippen LogP contribution in [0.25, 0.3) is 0 Å². The van der Waals surface area contributed by atoms with Crippen molar-refractivity contribution in [1.29, 1.82) is 0 Å². The molecule has 0 saturated heterocycles. The Bertz CT molecular complexity index is 380. The van der Waals surface area contributed by atoms with Gasteiger partial charge >= 0.3 is 0 Å². The van der Waals surface area contributed by atoms with Gasteiger partial charge in [-0.25, -0.2) is 0 Å². The summed E-state index contributed by atoms with van der Waals surface area (Å²) in [5.41, 5.74) is 4.57. The molecule has 1 aliphatic carbocycles. The van der Waals surface area contributed by atoms with Crippen molar-refractivity contribution >= 4 is 0 Å². The molecule has 0 aromatic heterocycles. The van der Waals surface area contributed by atoms with Crippen LogP contribution in [0.1, 0.15) is 54.7 Å². The molecule has 0 spiro atoms. The van der Waals surface area contributed by atoms with E-state index in [1.54, 1.807) is 5.56 Å². The Balaban J connectivity index is 2.37. The fourth-order valence-corrected chi connectivity index (χ4v) is 3.25. The van der Waals surface area contributed by atoms with E-state index in [2.05, 4.69) is 31.4 Å². The van der Waals surface area contributed by atoms with Crippen LogP contribution in [0.5, 0.6) is 0 Å². The maximum absolute atomic E-state index is 3.90. The molecule has 1 aromatic rings. The van der Waals surface area contributed by atoms with Gasteiger partial charge in [-0.3, -0.25) is 0 Å². The topological polar surface area (TPSA) is 0 Å². The predicted octanol–water partition coefficient (Wildman–Crippen LogP) is 5.19. The molecule has 0 heteroatoms. The smallest absolute Gasteiger partial charge is 0.00972 e. The highest BCUT2D eigenvalue weighted by Gasteiger charge is 2.20. The van der Waals surface area contributed by atoms with E-state index in [1.165, 1.54) is 43.2 Å². The third kappa shape index (κ3) is 2.93. The first-order chi connectivity index (χ1) is 8.86. The van der Waals surface area contributed by atoms with E-state index in [0.29, 0.717) is 0 Å². The summed E-state index contributed by atoms with van der Waals surface area (Å²) in [6.45, 7) is 7.80. The Kier molecular flexibility index (Phi) is 4.81. The first-order valence-electron chi connectivity index (χ1n) is 7.19. The highest BCUT2D eigenvalue weighted by atomic mass is 14.2. The largest absolute Gasteiger partial charge is 0.103 e. The zero-order valence-corrected chi connectivity index (χ0v) is 11.3. The molecule has 0 amide bonds. The van der Waals surface area contributed by atoms with Crippen molar-refractivity contribution in [3.05, 3.63) is 60.2 Å². The Morgan fingerprint density at radius 2 is 1.50 bits per heavy atom. The van der Waals surface area contributed by atoms with Crippen LogP contribution in [0, 0.1) is 0 Å². The van der Waals surface area contributed by atoms with Crippen LogP contribution in [0.3, 0.4) is 0 Å². The lowest BCUT2D eigenvalue weighted by Crippen LogP contribution is -2.10. The third-order valence-corrected chi connectivity index (χ3v) is 4.03. The van der Waals surface area contributed by atoms with Crippen molar-refractivity contribution in [1.82, 2.24) is 0 Å². The van der Waals surface area contributed by atoms with Crippen molar-refractivity contribution in [2.45, 2.75) is 50.9 Å². The van der Waals surface area contributed by atoms with Crippen LogP contribution in [0.15, 0.2) is 43.5 Å². The summed E-state index contributed by atoms with van der Waals surface area (Å²) < 4.78 is 0. The van der Waals surface area contributed by atoms with Crippen LogP contribution < -0.4 is 0 Å². The van der Waals surface area contributed by atoms with Gasteiger partial charge in [0.05, 0.1) is 0 Å². The molecule has 1 fully saturated rings. The molecule has 1 aliphatic rings. The summed E-state index contributed by atoms with van der Waals surface area (Å²) in [6.07, 6.45) is 13.0. The summed E-state index contributed by atoms with van der Waals surface area (Å²) in [6, 6.07) is 6.74. The van der Waals surface area contributed by atoms with Crippen LogP contribution in [0.4, 0.5) is 0 Å². The molecular formula is C18H24. The number of benzene rings is 1. The Morgan fingerprint density at radius 3 is 2.00 bits per heavy atom. The van der Waals surface area contributed by atoms with Gasteiger partial charge in [0.1, 0.15) is 0 Å². The molecule has 2 rings (SSSR count). The highest BCUT2D eigenvalue weighted by Crippen LogP contribution is 2.36. The maximum atomic E-state index is 3.90. The summed E-state index contributed by atoms with van der Waals surface area (Å²) in [4.78, 5) is 0. The summed E-state index contributed by atoms with van der Waals surface area (Å²) in [5.74, 6) is 0.768. The minimum atomic E-state index is 0.768. The zero-order chi connectivity index (χ0) is 12.8. The van der Waals surface area contributed by atoms with Crippen LogP contribution in [-0.4, -0.2) is 0 Å². The summed E-state index contributed by atoms with van der Waals surface area (Å²) in [7, 11) is 0. The molecule has 1 saturated carbocycles. The first-order valence-corrected chi connectivity index (χ1v) is 7.19. The fraction of sp³-hybridized carbons (Fsp3) is 0.444. The van der Waals surface area contributed by atoms with Crippen molar-refractivity contribution in [2.75, 3.05) is 0 Å². The van der Waals surface area contributed by atoms with Crippen molar-refractivity contribution in [3.63, 3.8) is 0 Å². The monoisotopic (exact) mass is 240 g/mol. The van der Waals surface area contributed by atoms with Gasteiger partial charge in [-0.05, 0) is 48.3 Å². The van der Waals surface area contributed by atoms with Gasteiger partial charge in [-0.15, -0.1) is 13.2 Å². The van der Waals surface area contributed by atoms with E-state index in [4.69, 9.17) is 0 Å². The molecule has 0 unspecified atom stereocenters. The third-order valence-electron chi connectivity index (χ3n) is 4.03. The van der Waals surface area contributed by atoms with Crippen LogP contribution >= 0.6 is 0 Å². The van der Waals surface area contributed by atoms with E-state index < -0.39 is 0 Å². The lowest BCUT2D eigenvalue weighted by atomic mass is 9.79. The molecule has 1 aromatic carbocycles. The second-order valence-corrected chi connectivity index (χ2v) is 5.31. The molecule has 0 N–H and O–H groups in total. The van der Waals surface area contributed by atoms with Gasteiger partial charge < -0.3 is 0 Å². The highest BCUT2D eigenvalue weighted by molar-refractivity contribution is 5.40. The molecule has 18 heavy (non-hydrogen) atoms. The lowest BCUT2D eigenvalue weighted by molar-refractivity contribution is 0.440. The van der Waals surface area contributed by atoms with Gasteiger partial charge in [0.25, 0.3) is 0 Å². The van der Waals surface area contributed by atoms with Crippen LogP contribution in [0.2, 0.25) is 0 Å². The number of rotatable bonds is 5. The molecule has 96 valence electrons. The zero-order valence-electron chi connectivity index (χ0n) is 11.3. The van der Waals surface area contributed by atoms with Gasteiger partial charge in [0, 0.05) is 0 Å². The minimum absolute atomic E-state index is 0.768. The van der Waals surface area contributed by atoms with Crippen LogP contribution in [-0.2, 0) is 12.8 Å². The Hall–Kier alpha value is -1.30. The average molecular weight is 240 g/mol. The fourth-order valence-electron chi connectivity index (χ4n) is 3.25. The van der Waals surface area contributed by atoms with Crippen molar-refractivity contribution in [3.8, 4) is 0 Å². The summed E-state index contributed by atoms with van der Waals surface area (Å²) >= 11 is 0. The van der Waals surface area contributed by atoms with Gasteiger partial charge in [-0.1, -0.05) is 49.6 Å².